The lowest BCUT2D eigenvalue weighted by molar-refractivity contribution is 0.128. The zero-order chi connectivity index (χ0) is 13.9. The van der Waals surface area contributed by atoms with Crippen molar-refractivity contribution >= 4 is 17.3 Å². The highest BCUT2D eigenvalue weighted by Gasteiger charge is 1.98. The van der Waals surface area contributed by atoms with E-state index >= 15 is 0 Å². The Morgan fingerprint density at radius 1 is 1.37 bits per heavy atom. The fourth-order valence-corrected chi connectivity index (χ4v) is 2.13. The standard InChI is InChI=1S/C14H25N3OS/c1-12(2)4-7-18-8-6-16-14(15-3)17-10-13-5-9-19-11-13/h5,9,11-12H,4,6-8,10H2,1-3H3,(H2,15,16,17). The van der Waals surface area contributed by atoms with Crippen LogP contribution in [0.3, 0.4) is 0 Å². The predicted molar refractivity (Wildman–Crippen MR) is 82.8 cm³/mol. The molecule has 0 aliphatic carbocycles. The molecule has 0 fully saturated rings. The van der Waals surface area contributed by atoms with Crippen LogP contribution in [0.25, 0.3) is 0 Å². The third kappa shape index (κ3) is 7.85. The third-order valence-corrected chi connectivity index (χ3v) is 3.37. The lowest BCUT2D eigenvalue weighted by Crippen LogP contribution is -2.38. The number of nitrogens with one attached hydrogen (secondary N) is 2. The highest BCUT2D eigenvalue weighted by atomic mass is 32.1. The van der Waals surface area contributed by atoms with E-state index in [4.69, 9.17) is 4.74 Å². The average molecular weight is 283 g/mol. The van der Waals surface area contributed by atoms with Gasteiger partial charge < -0.3 is 15.4 Å². The number of hydrogen-bond acceptors (Lipinski definition) is 3. The van der Waals surface area contributed by atoms with Gasteiger partial charge >= 0.3 is 0 Å². The van der Waals surface area contributed by atoms with Gasteiger partial charge in [0.1, 0.15) is 0 Å². The molecule has 1 aromatic rings. The van der Waals surface area contributed by atoms with Gasteiger partial charge in [-0.2, -0.15) is 11.3 Å². The second-order valence-electron chi connectivity index (χ2n) is 4.78. The van der Waals surface area contributed by atoms with Gasteiger partial charge in [0.25, 0.3) is 0 Å². The molecule has 0 spiro atoms. The normalized spacial score (nSPS) is 11.9. The summed E-state index contributed by atoms with van der Waals surface area (Å²) in [5.41, 5.74) is 1.28. The number of aliphatic imine (C=N–C) groups is 1. The maximum atomic E-state index is 5.55. The van der Waals surface area contributed by atoms with Crippen molar-refractivity contribution in [1.29, 1.82) is 0 Å². The van der Waals surface area contributed by atoms with E-state index in [0.717, 1.165) is 32.1 Å². The molecule has 19 heavy (non-hydrogen) atoms. The van der Waals surface area contributed by atoms with Crippen LogP contribution in [-0.4, -0.2) is 32.8 Å². The van der Waals surface area contributed by atoms with Gasteiger partial charge in [0, 0.05) is 26.7 Å². The number of ether oxygens (including phenoxy) is 1. The molecule has 0 atom stereocenters. The number of nitrogens with zero attached hydrogens (tertiary/aromatic N) is 1. The molecule has 1 heterocycles. The van der Waals surface area contributed by atoms with Gasteiger partial charge in [-0.25, -0.2) is 0 Å². The quantitative estimate of drug-likeness (QED) is 0.438. The van der Waals surface area contributed by atoms with Crippen LogP contribution >= 0.6 is 11.3 Å². The van der Waals surface area contributed by atoms with Gasteiger partial charge in [0.15, 0.2) is 5.96 Å². The average Bonchev–Trinajstić information content (AvgIpc) is 2.90. The van der Waals surface area contributed by atoms with E-state index in [1.165, 1.54) is 5.56 Å². The van der Waals surface area contributed by atoms with Gasteiger partial charge in [-0.3, -0.25) is 4.99 Å². The first kappa shape index (κ1) is 16.0. The topological polar surface area (TPSA) is 45.7 Å². The van der Waals surface area contributed by atoms with E-state index in [0.29, 0.717) is 12.5 Å². The molecule has 1 aromatic heterocycles. The van der Waals surface area contributed by atoms with Gasteiger partial charge in [-0.15, -0.1) is 0 Å². The van der Waals surface area contributed by atoms with Crippen LogP contribution in [0.15, 0.2) is 21.8 Å². The summed E-state index contributed by atoms with van der Waals surface area (Å²) < 4.78 is 5.55. The molecule has 0 amide bonds. The summed E-state index contributed by atoms with van der Waals surface area (Å²) in [5.74, 6) is 1.52. The summed E-state index contributed by atoms with van der Waals surface area (Å²) in [6.07, 6.45) is 1.12. The Morgan fingerprint density at radius 2 is 2.21 bits per heavy atom. The fourth-order valence-electron chi connectivity index (χ4n) is 1.46. The lowest BCUT2D eigenvalue weighted by Gasteiger charge is -2.12. The zero-order valence-corrected chi connectivity index (χ0v) is 12.9. The van der Waals surface area contributed by atoms with Crippen LogP contribution in [0, 0.1) is 5.92 Å². The Bertz CT molecular complexity index is 350. The zero-order valence-electron chi connectivity index (χ0n) is 12.1. The molecule has 0 unspecified atom stereocenters. The number of thiophene rings is 1. The highest BCUT2D eigenvalue weighted by molar-refractivity contribution is 7.07. The summed E-state index contributed by atoms with van der Waals surface area (Å²) in [4.78, 5) is 4.18. The van der Waals surface area contributed by atoms with Crippen LogP contribution in [0.4, 0.5) is 0 Å². The maximum absolute atomic E-state index is 5.55. The molecule has 2 N–H and O–H groups in total. The monoisotopic (exact) mass is 283 g/mol. The molecule has 1 rings (SSSR count). The molecule has 4 nitrogen and oxygen atoms in total. The van der Waals surface area contributed by atoms with Crippen molar-refractivity contribution in [2.24, 2.45) is 10.9 Å². The van der Waals surface area contributed by atoms with Crippen LogP contribution in [0.2, 0.25) is 0 Å². The van der Waals surface area contributed by atoms with Crippen molar-refractivity contribution in [3.8, 4) is 0 Å². The van der Waals surface area contributed by atoms with Crippen LogP contribution in [0.5, 0.6) is 0 Å². The Hall–Kier alpha value is -1.07. The summed E-state index contributed by atoms with van der Waals surface area (Å²) in [5, 5.41) is 10.7. The summed E-state index contributed by atoms with van der Waals surface area (Å²) in [6, 6.07) is 2.11. The molecule has 0 bridgehead atoms. The molecule has 0 aliphatic heterocycles. The minimum atomic E-state index is 0.702. The first-order valence-corrected chi connectivity index (χ1v) is 7.70. The molecule has 0 radical (unpaired) electrons. The Balaban J connectivity index is 2.06. The first-order valence-electron chi connectivity index (χ1n) is 6.75. The second kappa shape index (κ2) is 9.81. The van der Waals surface area contributed by atoms with Crippen molar-refractivity contribution in [2.45, 2.75) is 26.8 Å². The van der Waals surface area contributed by atoms with Gasteiger partial charge in [0.2, 0.25) is 0 Å². The van der Waals surface area contributed by atoms with Gasteiger partial charge in [-0.05, 0) is 34.7 Å². The third-order valence-electron chi connectivity index (χ3n) is 2.64. The van der Waals surface area contributed by atoms with Crippen molar-refractivity contribution in [2.75, 3.05) is 26.8 Å². The minimum absolute atomic E-state index is 0.702. The van der Waals surface area contributed by atoms with E-state index in [1.54, 1.807) is 18.4 Å². The Kier molecular flexibility index (Phi) is 8.25. The molecule has 108 valence electrons. The van der Waals surface area contributed by atoms with Crippen molar-refractivity contribution < 1.29 is 4.74 Å². The van der Waals surface area contributed by atoms with E-state index < -0.39 is 0 Å². The van der Waals surface area contributed by atoms with Crippen LogP contribution in [0.1, 0.15) is 25.8 Å². The van der Waals surface area contributed by atoms with Gasteiger partial charge in [-0.1, -0.05) is 13.8 Å². The molecule has 5 heteroatoms. The maximum Gasteiger partial charge on any atom is 0.191 e. The van der Waals surface area contributed by atoms with Crippen molar-refractivity contribution in [1.82, 2.24) is 10.6 Å². The molecule has 0 saturated heterocycles. The smallest absolute Gasteiger partial charge is 0.191 e. The van der Waals surface area contributed by atoms with E-state index in [9.17, 15) is 0 Å². The summed E-state index contributed by atoms with van der Waals surface area (Å²) in [6.45, 7) is 7.54. The van der Waals surface area contributed by atoms with Crippen molar-refractivity contribution in [3.63, 3.8) is 0 Å². The van der Waals surface area contributed by atoms with Crippen LogP contribution in [-0.2, 0) is 11.3 Å². The van der Waals surface area contributed by atoms with Crippen LogP contribution < -0.4 is 10.6 Å². The lowest BCUT2D eigenvalue weighted by atomic mass is 10.1. The molecule has 0 aliphatic rings. The first-order chi connectivity index (χ1) is 9.22. The molecular formula is C14H25N3OS. The fraction of sp³-hybridized carbons (Fsp3) is 0.643. The molecule has 0 aromatic carbocycles. The number of hydrogen-bond donors (Lipinski definition) is 2. The Labute approximate surface area is 120 Å². The SMILES string of the molecule is CN=C(NCCOCCC(C)C)NCc1ccsc1. The van der Waals surface area contributed by atoms with E-state index in [1.807, 2.05) is 0 Å². The number of guanidine groups is 1. The van der Waals surface area contributed by atoms with E-state index in [-0.39, 0.29) is 0 Å². The van der Waals surface area contributed by atoms with Gasteiger partial charge in [0.05, 0.1) is 6.61 Å². The molecule has 0 saturated carbocycles. The summed E-state index contributed by atoms with van der Waals surface area (Å²) in [7, 11) is 1.78. The second-order valence-corrected chi connectivity index (χ2v) is 5.56. The highest BCUT2D eigenvalue weighted by Crippen LogP contribution is 2.04. The Morgan fingerprint density at radius 3 is 2.84 bits per heavy atom. The summed E-state index contributed by atoms with van der Waals surface area (Å²) >= 11 is 1.71. The predicted octanol–water partition coefficient (Wildman–Crippen LogP) is 2.48. The minimum Gasteiger partial charge on any atom is -0.380 e. The number of rotatable bonds is 8. The molecular weight excluding hydrogens is 258 g/mol. The van der Waals surface area contributed by atoms with E-state index in [2.05, 4.69) is 46.3 Å². The largest absolute Gasteiger partial charge is 0.380 e. The van der Waals surface area contributed by atoms with Crippen molar-refractivity contribution in [3.05, 3.63) is 22.4 Å².